The Kier molecular flexibility index (Phi) is 5.38. The Bertz CT molecular complexity index is 557. The number of amides is 2. The van der Waals surface area contributed by atoms with Crippen molar-refractivity contribution in [1.29, 1.82) is 0 Å². The van der Waals surface area contributed by atoms with Crippen molar-refractivity contribution in [2.75, 3.05) is 11.9 Å². The van der Waals surface area contributed by atoms with Gasteiger partial charge < -0.3 is 15.4 Å². The van der Waals surface area contributed by atoms with Crippen LogP contribution in [0, 0.1) is 0 Å². The van der Waals surface area contributed by atoms with Crippen LogP contribution in [-0.4, -0.2) is 23.9 Å². The van der Waals surface area contributed by atoms with Crippen LogP contribution in [0.25, 0.3) is 0 Å². The number of urea groups is 1. The van der Waals surface area contributed by atoms with E-state index >= 15 is 0 Å². The number of esters is 1. The van der Waals surface area contributed by atoms with E-state index in [-0.39, 0.29) is 6.03 Å². The number of benzene rings is 1. The van der Waals surface area contributed by atoms with Crippen molar-refractivity contribution in [1.82, 2.24) is 10.6 Å². The molecule has 0 saturated carbocycles. The van der Waals surface area contributed by atoms with Gasteiger partial charge in [0.05, 0.1) is 18.2 Å². The van der Waals surface area contributed by atoms with Gasteiger partial charge in [0.25, 0.3) is 0 Å². The molecule has 1 heterocycles. The maximum atomic E-state index is 12.3. The number of ether oxygens (including phenoxy) is 1. The number of hydrogen-bond acceptors (Lipinski definition) is 3. The third kappa shape index (κ3) is 3.85. The first-order chi connectivity index (χ1) is 10.1. The average Bonchev–Trinajstić information content (AvgIpc) is 2.47. The monoisotopic (exact) mass is 352 g/mol. The fourth-order valence-corrected chi connectivity index (χ4v) is 2.39. The van der Waals surface area contributed by atoms with Gasteiger partial charge in [0.15, 0.2) is 0 Å². The van der Waals surface area contributed by atoms with Crippen LogP contribution in [0.1, 0.15) is 24.9 Å². The van der Waals surface area contributed by atoms with Crippen molar-refractivity contribution in [3.05, 3.63) is 47.2 Å². The zero-order chi connectivity index (χ0) is 15.2. The van der Waals surface area contributed by atoms with E-state index in [0.29, 0.717) is 17.9 Å². The molecular weight excluding hydrogens is 336 g/mol. The van der Waals surface area contributed by atoms with Gasteiger partial charge >= 0.3 is 12.0 Å². The molecular formula is C15H17BrN2O3. The van der Waals surface area contributed by atoms with E-state index in [1.165, 1.54) is 0 Å². The second kappa shape index (κ2) is 7.26. The first-order valence-corrected chi connectivity index (χ1v) is 7.82. The molecule has 2 rings (SSSR count). The van der Waals surface area contributed by atoms with Gasteiger partial charge in [-0.05, 0) is 18.9 Å². The third-order valence-electron chi connectivity index (χ3n) is 3.13. The summed E-state index contributed by atoms with van der Waals surface area (Å²) in [4.78, 5) is 24.0. The Labute approximate surface area is 131 Å². The van der Waals surface area contributed by atoms with Crippen molar-refractivity contribution >= 4 is 27.9 Å². The van der Waals surface area contributed by atoms with Gasteiger partial charge in [-0.3, -0.25) is 0 Å². The summed E-state index contributed by atoms with van der Waals surface area (Å²) in [7, 11) is 0. The molecule has 0 unspecified atom stereocenters. The smallest absolute Gasteiger partial charge is 0.338 e. The van der Waals surface area contributed by atoms with Gasteiger partial charge in [-0.15, -0.1) is 0 Å². The van der Waals surface area contributed by atoms with Crippen molar-refractivity contribution in [2.45, 2.75) is 19.4 Å². The summed E-state index contributed by atoms with van der Waals surface area (Å²) in [5, 5.41) is 6.16. The molecule has 21 heavy (non-hydrogen) atoms. The highest BCUT2D eigenvalue weighted by atomic mass is 79.9. The van der Waals surface area contributed by atoms with Crippen LogP contribution in [-0.2, 0) is 9.53 Å². The number of alkyl halides is 1. The molecule has 112 valence electrons. The second-order valence-corrected chi connectivity index (χ2v) is 5.45. The normalized spacial score (nSPS) is 18.0. The highest BCUT2D eigenvalue weighted by Crippen LogP contribution is 2.27. The van der Waals surface area contributed by atoms with Gasteiger partial charge in [0.1, 0.15) is 0 Å². The lowest BCUT2D eigenvalue weighted by molar-refractivity contribution is -0.139. The van der Waals surface area contributed by atoms with Crippen LogP contribution < -0.4 is 10.6 Å². The Hall–Kier alpha value is -1.82. The van der Waals surface area contributed by atoms with E-state index in [0.717, 1.165) is 17.3 Å². The molecule has 2 N–H and O–H groups in total. The molecule has 1 aromatic carbocycles. The highest BCUT2D eigenvalue weighted by molar-refractivity contribution is 9.09. The molecule has 0 saturated heterocycles. The summed E-state index contributed by atoms with van der Waals surface area (Å²) < 4.78 is 5.26. The van der Waals surface area contributed by atoms with Gasteiger partial charge in [0.2, 0.25) is 0 Å². The Morgan fingerprint density at radius 2 is 2.05 bits per heavy atom. The molecule has 6 heteroatoms. The summed E-state index contributed by atoms with van der Waals surface area (Å²) in [5.41, 5.74) is 1.81. The molecule has 5 nitrogen and oxygen atoms in total. The summed E-state index contributed by atoms with van der Waals surface area (Å²) in [6.07, 6.45) is 0.744. The van der Waals surface area contributed by atoms with E-state index in [9.17, 15) is 9.59 Å². The van der Waals surface area contributed by atoms with E-state index < -0.39 is 12.0 Å². The fraction of sp³-hybridized carbons (Fsp3) is 0.333. The number of hydrogen-bond donors (Lipinski definition) is 2. The molecule has 0 aromatic heterocycles. The molecule has 0 bridgehead atoms. The van der Waals surface area contributed by atoms with Crippen molar-refractivity contribution in [3.63, 3.8) is 0 Å². The molecule has 1 aromatic rings. The minimum atomic E-state index is -0.489. The van der Waals surface area contributed by atoms with Crippen molar-refractivity contribution in [3.8, 4) is 0 Å². The maximum Gasteiger partial charge on any atom is 0.338 e. The van der Waals surface area contributed by atoms with E-state index in [2.05, 4.69) is 26.6 Å². The maximum absolute atomic E-state index is 12.3. The molecule has 1 aliphatic rings. The van der Waals surface area contributed by atoms with Crippen LogP contribution in [0.2, 0.25) is 0 Å². The first kappa shape index (κ1) is 15.6. The molecule has 1 atom stereocenters. The van der Waals surface area contributed by atoms with Crippen molar-refractivity contribution in [2.24, 2.45) is 0 Å². The summed E-state index contributed by atoms with van der Waals surface area (Å²) in [6.45, 7) is 2.05. The predicted molar refractivity (Wildman–Crippen MR) is 82.9 cm³/mol. The van der Waals surface area contributed by atoms with E-state index in [1.54, 1.807) is 6.92 Å². The number of rotatable bonds is 5. The molecule has 0 fully saturated rings. The number of halogens is 1. The minimum Gasteiger partial charge on any atom is -0.462 e. The van der Waals surface area contributed by atoms with Crippen LogP contribution in [0.5, 0.6) is 0 Å². The minimum absolute atomic E-state index is 0.321. The van der Waals surface area contributed by atoms with Crippen LogP contribution in [0.3, 0.4) is 0 Å². The van der Waals surface area contributed by atoms with Gasteiger partial charge in [-0.1, -0.05) is 46.3 Å². The number of allylic oxidation sites excluding steroid dienone is 1. The molecule has 2 amide bonds. The van der Waals surface area contributed by atoms with E-state index in [4.69, 9.17) is 4.74 Å². The van der Waals surface area contributed by atoms with Crippen molar-refractivity contribution < 1.29 is 14.3 Å². The number of carbonyl (C=O) groups is 2. The Morgan fingerprint density at radius 1 is 1.33 bits per heavy atom. The highest BCUT2D eigenvalue weighted by Gasteiger charge is 2.31. The molecule has 0 aliphatic carbocycles. The second-order valence-electron chi connectivity index (χ2n) is 4.66. The third-order valence-corrected chi connectivity index (χ3v) is 3.69. The van der Waals surface area contributed by atoms with Crippen LogP contribution >= 0.6 is 15.9 Å². The lowest BCUT2D eigenvalue weighted by Gasteiger charge is -2.28. The number of carbonyl (C=O) groups excluding carboxylic acids is 2. The van der Waals surface area contributed by atoms with Crippen LogP contribution in [0.15, 0.2) is 41.6 Å². The van der Waals surface area contributed by atoms with Gasteiger partial charge in [-0.2, -0.15) is 0 Å². The quantitative estimate of drug-likeness (QED) is 0.486. The summed E-state index contributed by atoms with van der Waals surface area (Å²) in [6, 6.07) is 8.55. The van der Waals surface area contributed by atoms with E-state index in [1.807, 2.05) is 30.3 Å². The fourth-order valence-electron chi connectivity index (χ4n) is 2.16. The molecule has 0 spiro atoms. The lowest BCUT2D eigenvalue weighted by Crippen LogP contribution is -2.45. The number of nitrogens with one attached hydrogen (secondary N) is 2. The lowest BCUT2D eigenvalue weighted by atomic mass is 9.96. The summed E-state index contributed by atoms with van der Waals surface area (Å²) >= 11 is 3.29. The van der Waals surface area contributed by atoms with Gasteiger partial charge in [0, 0.05) is 11.0 Å². The Balaban J connectivity index is 2.26. The molecule has 0 radical (unpaired) electrons. The SMILES string of the molecule is CC1=C(C(=O)OCCCBr)[C@@H](c2ccccc2)NC(=O)N1. The average molecular weight is 353 g/mol. The zero-order valence-corrected chi connectivity index (χ0v) is 13.3. The topological polar surface area (TPSA) is 67.4 Å². The van der Waals surface area contributed by atoms with Crippen LogP contribution in [0.4, 0.5) is 4.79 Å². The first-order valence-electron chi connectivity index (χ1n) is 6.70. The largest absolute Gasteiger partial charge is 0.462 e. The van der Waals surface area contributed by atoms with Gasteiger partial charge in [-0.25, -0.2) is 9.59 Å². The standard InChI is InChI=1S/C15H17BrN2O3/c1-10-12(14(19)21-9-5-8-16)13(18-15(20)17-10)11-6-3-2-4-7-11/h2-4,6-7,13H,5,8-9H2,1H3,(H2,17,18,20)/t13-/m1/s1. The molecule has 1 aliphatic heterocycles. The zero-order valence-electron chi connectivity index (χ0n) is 11.7. The predicted octanol–water partition coefficient (Wildman–Crippen LogP) is 2.64. The summed E-state index contributed by atoms with van der Waals surface area (Å²) in [5.74, 6) is -0.408. The Morgan fingerprint density at radius 3 is 2.71 bits per heavy atom.